The Kier molecular flexibility index (Phi) is 4.66. The van der Waals surface area contributed by atoms with Crippen LogP contribution in [0.15, 0.2) is 72.8 Å². The highest BCUT2D eigenvalue weighted by Crippen LogP contribution is 2.45. The maximum absolute atomic E-state index is 13.4. The molecule has 7 heteroatoms. The molecule has 3 aromatic carbocycles. The molecule has 0 aromatic heterocycles. The molecule has 0 saturated carbocycles. The van der Waals surface area contributed by atoms with Gasteiger partial charge in [0, 0.05) is 11.8 Å². The summed E-state index contributed by atoms with van der Waals surface area (Å²) in [5.74, 6) is -0.0257. The molecule has 2 atom stereocenters. The number of carbonyl (C=O) groups is 3. The molecule has 7 nitrogen and oxygen atoms in total. The van der Waals surface area contributed by atoms with Crippen LogP contribution in [0.25, 0.3) is 0 Å². The number of hydrogen-bond donors (Lipinski definition) is 0. The lowest BCUT2D eigenvalue weighted by Gasteiger charge is -2.49. The number of carbonyl (C=O) groups excluding carboxylic acids is 3. The third-order valence-corrected chi connectivity index (χ3v) is 5.94. The Labute approximate surface area is 184 Å². The monoisotopic (exact) mass is 428 g/mol. The number of fused-ring (bicyclic) bond motifs is 1. The first kappa shape index (κ1) is 19.8. The fourth-order valence-corrected chi connectivity index (χ4v) is 4.39. The smallest absolute Gasteiger partial charge is 0.262 e. The minimum absolute atomic E-state index is 0.314. The van der Waals surface area contributed by atoms with E-state index in [2.05, 4.69) is 0 Å². The summed E-state index contributed by atoms with van der Waals surface area (Å²) < 4.78 is 10.7. The molecule has 160 valence electrons. The van der Waals surface area contributed by atoms with Crippen molar-refractivity contribution in [1.29, 1.82) is 0 Å². The maximum Gasteiger partial charge on any atom is 0.262 e. The van der Waals surface area contributed by atoms with E-state index in [1.165, 1.54) is 0 Å². The van der Waals surface area contributed by atoms with E-state index in [1.54, 1.807) is 73.7 Å². The molecule has 0 N–H and O–H groups in total. The summed E-state index contributed by atoms with van der Waals surface area (Å²) in [7, 11) is 3.12. The van der Waals surface area contributed by atoms with Crippen LogP contribution >= 0.6 is 0 Å². The van der Waals surface area contributed by atoms with Crippen molar-refractivity contribution in [2.75, 3.05) is 19.1 Å². The molecule has 0 aliphatic carbocycles. The average molecular weight is 428 g/mol. The quantitative estimate of drug-likeness (QED) is 0.460. The predicted octanol–water partition coefficient (Wildman–Crippen LogP) is 3.46. The van der Waals surface area contributed by atoms with Crippen molar-refractivity contribution in [1.82, 2.24) is 4.90 Å². The lowest BCUT2D eigenvalue weighted by Crippen LogP contribution is -2.67. The fourth-order valence-electron chi connectivity index (χ4n) is 4.39. The van der Waals surface area contributed by atoms with E-state index in [9.17, 15) is 14.4 Å². The summed E-state index contributed by atoms with van der Waals surface area (Å²) in [6.45, 7) is 0. The predicted molar refractivity (Wildman–Crippen MR) is 117 cm³/mol. The summed E-state index contributed by atoms with van der Waals surface area (Å²) in [5.41, 5.74) is 2.01. The van der Waals surface area contributed by atoms with E-state index >= 15 is 0 Å². The first-order valence-corrected chi connectivity index (χ1v) is 10.1. The number of amides is 3. The number of nitrogens with zero attached hydrogens (tertiary/aromatic N) is 2. The van der Waals surface area contributed by atoms with Crippen LogP contribution < -0.4 is 14.4 Å². The summed E-state index contributed by atoms with van der Waals surface area (Å²) >= 11 is 0. The van der Waals surface area contributed by atoms with Crippen molar-refractivity contribution in [3.05, 3.63) is 89.5 Å². The first-order valence-electron chi connectivity index (χ1n) is 10.1. The van der Waals surface area contributed by atoms with Gasteiger partial charge < -0.3 is 14.4 Å². The molecular formula is C25H20N2O5. The van der Waals surface area contributed by atoms with Crippen LogP contribution in [0.3, 0.4) is 0 Å². The third kappa shape index (κ3) is 2.85. The zero-order valence-electron chi connectivity index (χ0n) is 17.5. The number of hydrogen-bond acceptors (Lipinski definition) is 5. The normalized spacial score (nSPS) is 19.6. The molecule has 1 fully saturated rings. The molecule has 3 amide bonds. The van der Waals surface area contributed by atoms with E-state index in [-0.39, 0.29) is 5.91 Å². The fraction of sp³-hybridized carbons (Fsp3) is 0.160. The van der Waals surface area contributed by atoms with Gasteiger partial charge in [-0.05, 0) is 42.0 Å². The van der Waals surface area contributed by atoms with E-state index in [1.807, 2.05) is 18.2 Å². The van der Waals surface area contributed by atoms with E-state index in [0.717, 1.165) is 10.5 Å². The second-order valence-electron chi connectivity index (χ2n) is 7.60. The molecule has 2 heterocycles. The van der Waals surface area contributed by atoms with Crippen LogP contribution in [0.5, 0.6) is 11.5 Å². The van der Waals surface area contributed by atoms with Crippen molar-refractivity contribution >= 4 is 23.4 Å². The second-order valence-corrected chi connectivity index (χ2v) is 7.60. The van der Waals surface area contributed by atoms with Crippen LogP contribution in [0.4, 0.5) is 5.69 Å². The van der Waals surface area contributed by atoms with Crippen LogP contribution in [-0.2, 0) is 4.79 Å². The van der Waals surface area contributed by atoms with Gasteiger partial charge in [-0.3, -0.25) is 19.3 Å². The Hall–Kier alpha value is -4.13. The van der Waals surface area contributed by atoms with Gasteiger partial charge in [-0.15, -0.1) is 0 Å². The average Bonchev–Trinajstić information content (AvgIpc) is 3.08. The lowest BCUT2D eigenvalue weighted by molar-refractivity contribution is -0.130. The number of anilines is 1. The highest BCUT2D eigenvalue weighted by Gasteiger charge is 2.57. The zero-order chi connectivity index (χ0) is 22.4. The molecule has 0 bridgehead atoms. The number of β-lactam (4-membered cyclic amide) rings is 1. The van der Waals surface area contributed by atoms with Crippen molar-refractivity contribution < 1.29 is 23.9 Å². The van der Waals surface area contributed by atoms with Gasteiger partial charge in [-0.2, -0.15) is 0 Å². The molecule has 0 radical (unpaired) electrons. The number of rotatable bonds is 5. The molecule has 3 aromatic rings. The Balaban J connectivity index is 1.60. The standard InChI is InChI=1S/C25H20N2O5/c1-31-17-9-5-7-15(13-17)21-22(25(30)26(21)16-8-6-10-18(14-16)32-2)27-23(28)19-11-3-4-12-20(19)24(27)29/h3-14,21-22H,1-2H3/t21-,22-/m1/s1. The molecule has 0 spiro atoms. The third-order valence-electron chi connectivity index (χ3n) is 5.94. The summed E-state index contributed by atoms with van der Waals surface area (Å²) in [4.78, 5) is 42.4. The number of ether oxygens (including phenoxy) is 2. The minimum atomic E-state index is -0.958. The number of benzene rings is 3. The van der Waals surface area contributed by atoms with Crippen molar-refractivity contribution in [2.24, 2.45) is 0 Å². The second kappa shape index (κ2) is 7.53. The Morgan fingerprint density at radius 3 is 1.88 bits per heavy atom. The maximum atomic E-state index is 13.4. The minimum Gasteiger partial charge on any atom is -0.497 e. The van der Waals surface area contributed by atoms with Gasteiger partial charge in [0.2, 0.25) is 0 Å². The van der Waals surface area contributed by atoms with Gasteiger partial charge in [-0.25, -0.2) is 0 Å². The van der Waals surface area contributed by atoms with Crippen LogP contribution in [0.2, 0.25) is 0 Å². The SMILES string of the molecule is COc1cccc([C@@H]2[C@@H](N3C(=O)c4ccccc4C3=O)C(=O)N2c2cccc(OC)c2)c1. The largest absolute Gasteiger partial charge is 0.497 e. The number of methoxy groups -OCH3 is 2. The number of imide groups is 1. The molecule has 1 saturated heterocycles. The van der Waals surface area contributed by atoms with Gasteiger partial charge in [-0.1, -0.05) is 30.3 Å². The van der Waals surface area contributed by atoms with Crippen molar-refractivity contribution in [2.45, 2.75) is 12.1 Å². The van der Waals surface area contributed by atoms with Crippen LogP contribution in [-0.4, -0.2) is 42.9 Å². The van der Waals surface area contributed by atoms with Gasteiger partial charge >= 0.3 is 0 Å². The highest BCUT2D eigenvalue weighted by molar-refractivity contribution is 6.24. The van der Waals surface area contributed by atoms with E-state index < -0.39 is 23.9 Å². The van der Waals surface area contributed by atoms with Crippen molar-refractivity contribution in [3.8, 4) is 11.5 Å². The highest BCUT2D eigenvalue weighted by atomic mass is 16.5. The first-order chi connectivity index (χ1) is 15.5. The topological polar surface area (TPSA) is 76.2 Å². The molecular weight excluding hydrogens is 408 g/mol. The molecule has 5 rings (SSSR count). The molecule has 0 unspecified atom stereocenters. The van der Waals surface area contributed by atoms with Gasteiger partial charge in [0.15, 0.2) is 0 Å². The summed E-state index contributed by atoms with van der Waals surface area (Å²) in [6, 6.07) is 19.5. The molecule has 32 heavy (non-hydrogen) atoms. The van der Waals surface area contributed by atoms with Gasteiger partial charge in [0.05, 0.1) is 31.4 Å². The van der Waals surface area contributed by atoms with Gasteiger partial charge in [0.25, 0.3) is 17.7 Å². The summed E-state index contributed by atoms with van der Waals surface area (Å²) in [5, 5.41) is 0. The molecule has 2 aliphatic heterocycles. The van der Waals surface area contributed by atoms with Crippen LogP contribution in [0, 0.1) is 0 Å². The Bertz CT molecular complexity index is 1220. The van der Waals surface area contributed by atoms with Crippen LogP contribution in [0.1, 0.15) is 32.3 Å². The van der Waals surface area contributed by atoms with Crippen molar-refractivity contribution in [3.63, 3.8) is 0 Å². The molecule has 2 aliphatic rings. The van der Waals surface area contributed by atoms with E-state index in [4.69, 9.17) is 9.47 Å². The van der Waals surface area contributed by atoms with Gasteiger partial charge in [0.1, 0.15) is 17.5 Å². The van der Waals surface area contributed by atoms with E-state index in [0.29, 0.717) is 28.3 Å². The lowest BCUT2D eigenvalue weighted by atomic mass is 9.86. The summed E-state index contributed by atoms with van der Waals surface area (Å²) in [6.07, 6.45) is 0. The zero-order valence-corrected chi connectivity index (χ0v) is 17.5. The Morgan fingerprint density at radius 1 is 0.656 bits per heavy atom. The Morgan fingerprint density at radius 2 is 1.25 bits per heavy atom.